The van der Waals surface area contributed by atoms with Crippen molar-refractivity contribution in [3.8, 4) is 0 Å². The second-order valence-corrected chi connectivity index (χ2v) is 6.49. The van der Waals surface area contributed by atoms with E-state index < -0.39 is 5.60 Å². The van der Waals surface area contributed by atoms with Gasteiger partial charge in [-0.1, -0.05) is 40.2 Å². The third-order valence-electron chi connectivity index (χ3n) is 3.67. The first kappa shape index (κ1) is 14.2. The Balaban J connectivity index is 2.29. The van der Waals surface area contributed by atoms with Crippen molar-refractivity contribution in [2.75, 3.05) is 0 Å². The van der Waals surface area contributed by atoms with Gasteiger partial charge in [-0.15, -0.1) is 0 Å². The summed E-state index contributed by atoms with van der Waals surface area (Å²) in [6, 6.07) is 10.0. The van der Waals surface area contributed by atoms with Crippen molar-refractivity contribution >= 4 is 27.5 Å². The van der Waals surface area contributed by atoms with Crippen LogP contribution in [0.4, 0.5) is 0 Å². The summed E-state index contributed by atoms with van der Waals surface area (Å²) in [5.74, 6) is -0.346. The van der Waals surface area contributed by atoms with E-state index in [1.54, 1.807) is 50.2 Å². The van der Waals surface area contributed by atoms with E-state index in [4.69, 9.17) is 0 Å². The molecule has 0 spiro atoms. The molecule has 3 nitrogen and oxygen atoms in total. The van der Waals surface area contributed by atoms with Gasteiger partial charge in [0.25, 0.3) is 0 Å². The number of hydrogen-bond donors (Lipinski definition) is 1. The summed E-state index contributed by atoms with van der Waals surface area (Å²) >= 11 is 3.38. The van der Waals surface area contributed by atoms with Crippen molar-refractivity contribution in [3.05, 3.63) is 68.7 Å². The molecule has 0 saturated carbocycles. The van der Waals surface area contributed by atoms with Gasteiger partial charge >= 0.3 is 0 Å². The average molecular weight is 345 g/mol. The third-order valence-corrected chi connectivity index (χ3v) is 4.33. The van der Waals surface area contributed by atoms with E-state index in [-0.39, 0.29) is 11.6 Å². The highest BCUT2D eigenvalue weighted by Gasteiger charge is 2.32. The van der Waals surface area contributed by atoms with Crippen LogP contribution in [0.25, 0.3) is 0 Å². The fraction of sp³-hybridized carbons (Fsp3) is 0.176. The number of halogens is 1. The molecule has 0 saturated heterocycles. The number of carbonyl (C=O) groups is 2. The predicted molar refractivity (Wildman–Crippen MR) is 82.7 cm³/mol. The molecular formula is C17H13BrO3. The molecule has 0 aromatic heterocycles. The first-order valence-electron chi connectivity index (χ1n) is 6.55. The van der Waals surface area contributed by atoms with Gasteiger partial charge in [0.2, 0.25) is 0 Å². The van der Waals surface area contributed by atoms with Gasteiger partial charge in [-0.05, 0) is 31.5 Å². The predicted octanol–water partition coefficient (Wildman–Crippen LogP) is 3.45. The van der Waals surface area contributed by atoms with E-state index in [2.05, 4.69) is 15.9 Å². The smallest absolute Gasteiger partial charge is 0.194 e. The Labute approximate surface area is 130 Å². The average Bonchev–Trinajstić information content (AvgIpc) is 2.43. The summed E-state index contributed by atoms with van der Waals surface area (Å²) < 4.78 is 0.620. The van der Waals surface area contributed by atoms with Crippen molar-refractivity contribution in [3.63, 3.8) is 0 Å². The van der Waals surface area contributed by atoms with Crippen LogP contribution in [-0.4, -0.2) is 16.7 Å². The van der Waals surface area contributed by atoms with Crippen LogP contribution in [0.3, 0.4) is 0 Å². The van der Waals surface area contributed by atoms with Gasteiger partial charge in [-0.2, -0.15) is 0 Å². The maximum Gasteiger partial charge on any atom is 0.194 e. The van der Waals surface area contributed by atoms with E-state index >= 15 is 0 Å². The highest BCUT2D eigenvalue weighted by atomic mass is 79.9. The van der Waals surface area contributed by atoms with Crippen LogP contribution in [0.5, 0.6) is 0 Å². The summed E-state index contributed by atoms with van der Waals surface area (Å²) in [5, 5.41) is 10.2. The van der Waals surface area contributed by atoms with Gasteiger partial charge in [0.1, 0.15) is 0 Å². The fourth-order valence-corrected chi connectivity index (χ4v) is 3.42. The maximum atomic E-state index is 12.6. The molecule has 2 aromatic rings. The van der Waals surface area contributed by atoms with Gasteiger partial charge < -0.3 is 5.11 Å². The maximum absolute atomic E-state index is 12.6. The summed E-state index contributed by atoms with van der Waals surface area (Å²) in [4.78, 5) is 25.1. The number of benzene rings is 2. The fourth-order valence-electron chi connectivity index (χ4n) is 2.59. The van der Waals surface area contributed by atoms with Crippen molar-refractivity contribution in [1.29, 1.82) is 0 Å². The minimum absolute atomic E-state index is 0.164. The topological polar surface area (TPSA) is 54.4 Å². The van der Waals surface area contributed by atoms with Crippen LogP contribution in [0.2, 0.25) is 0 Å². The summed E-state index contributed by atoms with van der Waals surface area (Å²) in [6.45, 7) is 3.28. The molecular weight excluding hydrogens is 332 g/mol. The van der Waals surface area contributed by atoms with Gasteiger partial charge in [-0.3, -0.25) is 9.59 Å². The molecule has 0 heterocycles. The number of aliphatic hydroxyl groups is 1. The quantitative estimate of drug-likeness (QED) is 0.735. The molecule has 0 atom stereocenters. The Morgan fingerprint density at radius 1 is 0.905 bits per heavy atom. The molecule has 0 amide bonds. The Hall–Kier alpha value is -1.78. The SMILES string of the molecule is CC(C)(O)c1cc2c(cc1Br)C(=O)c1ccccc1C2=O. The van der Waals surface area contributed by atoms with E-state index in [0.29, 0.717) is 32.3 Å². The molecule has 1 N–H and O–H groups in total. The lowest BCUT2D eigenvalue weighted by molar-refractivity contribution is 0.0775. The largest absolute Gasteiger partial charge is 0.386 e. The lowest BCUT2D eigenvalue weighted by Crippen LogP contribution is -2.24. The molecule has 1 aliphatic rings. The van der Waals surface area contributed by atoms with Gasteiger partial charge in [0.05, 0.1) is 5.60 Å². The second kappa shape index (κ2) is 4.61. The van der Waals surface area contributed by atoms with E-state index in [9.17, 15) is 14.7 Å². The number of ketones is 2. The normalized spacial score (nSPS) is 13.9. The zero-order valence-corrected chi connectivity index (χ0v) is 13.2. The molecule has 1 aliphatic carbocycles. The molecule has 0 fully saturated rings. The molecule has 0 unspecified atom stereocenters. The van der Waals surface area contributed by atoms with Crippen molar-refractivity contribution < 1.29 is 14.7 Å². The Bertz CT molecular complexity index is 785. The number of carbonyl (C=O) groups excluding carboxylic acids is 2. The van der Waals surface area contributed by atoms with Crippen LogP contribution in [-0.2, 0) is 5.60 Å². The van der Waals surface area contributed by atoms with E-state index in [0.717, 1.165) is 0 Å². The van der Waals surface area contributed by atoms with Crippen LogP contribution < -0.4 is 0 Å². The Morgan fingerprint density at radius 3 is 1.86 bits per heavy atom. The first-order valence-corrected chi connectivity index (χ1v) is 7.35. The Morgan fingerprint density at radius 2 is 1.38 bits per heavy atom. The highest BCUT2D eigenvalue weighted by Crippen LogP contribution is 2.35. The van der Waals surface area contributed by atoms with Crippen LogP contribution >= 0.6 is 15.9 Å². The summed E-state index contributed by atoms with van der Waals surface area (Å²) in [7, 11) is 0. The van der Waals surface area contributed by atoms with Gasteiger partial charge in [0.15, 0.2) is 11.6 Å². The molecule has 0 bridgehead atoms. The van der Waals surface area contributed by atoms with Crippen molar-refractivity contribution in [2.24, 2.45) is 0 Å². The zero-order chi connectivity index (χ0) is 15.4. The van der Waals surface area contributed by atoms with Gasteiger partial charge in [-0.25, -0.2) is 0 Å². The monoisotopic (exact) mass is 344 g/mol. The van der Waals surface area contributed by atoms with Crippen molar-refractivity contribution in [1.82, 2.24) is 0 Å². The van der Waals surface area contributed by atoms with Crippen LogP contribution in [0, 0.1) is 0 Å². The molecule has 3 rings (SSSR count). The minimum atomic E-state index is -1.10. The first-order chi connectivity index (χ1) is 9.80. The zero-order valence-electron chi connectivity index (χ0n) is 11.6. The van der Waals surface area contributed by atoms with E-state index in [1.165, 1.54) is 0 Å². The second-order valence-electron chi connectivity index (χ2n) is 5.64. The number of rotatable bonds is 1. The molecule has 106 valence electrons. The highest BCUT2D eigenvalue weighted by molar-refractivity contribution is 9.10. The molecule has 21 heavy (non-hydrogen) atoms. The Kier molecular flexibility index (Phi) is 3.11. The lowest BCUT2D eigenvalue weighted by atomic mass is 9.82. The molecule has 4 heteroatoms. The molecule has 2 aromatic carbocycles. The molecule has 0 radical (unpaired) electrons. The number of hydrogen-bond acceptors (Lipinski definition) is 3. The van der Waals surface area contributed by atoms with Crippen molar-refractivity contribution in [2.45, 2.75) is 19.4 Å². The van der Waals surface area contributed by atoms with E-state index in [1.807, 2.05) is 0 Å². The molecule has 0 aliphatic heterocycles. The van der Waals surface area contributed by atoms with Crippen LogP contribution in [0.15, 0.2) is 40.9 Å². The standard InChI is InChI=1S/C17H13BrO3/c1-17(2,21)13-7-11-12(8-14(13)18)16(20)10-6-4-3-5-9(10)15(11)19/h3-8,21H,1-2H3. The summed E-state index contributed by atoms with van der Waals surface area (Å²) in [5.41, 5.74) is 1.05. The summed E-state index contributed by atoms with van der Waals surface area (Å²) in [6.07, 6.45) is 0. The lowest BCUT2D eigenvalue weighted by Gasteiger charge is -2.24. The third kappa shape index (κ3) is 2.15. The number of fused-ring (bicyclic) bond motifs is 2. The van der Waals surface area contributed by atoms with Crippen LogP contribution in [0.1, 0.15) is 51.3 Å². The minimum Gasteiger partial charge on any atom is -0.386 e. The van der Waals surface area contributed by atoms with Gasteiger partial charge in [0, 0.05) is 26.7 Å².